The molecule has 3 rings (SSSR count). The first kappa shape index (κ1) is 14.7. The number of hydrogen-bond acceptors (Lipinski definition) is 3. The molecule has 1 aromatic rings. The molecule has 0 saturated carbocycles. The van der Waals surface area contributed by atoms with Gasteiger partial charge >= 0.3 is 0 Å². The van der Waals surface area contributed by atoms with Gasteiger partial charge in [0.1, 0.15) is 5.84 Å². The van der Waals surface area contributed by atoms with Gasteiger partial charge in [-0.3, -0.25) is 5.41 Å². The monoisotopic (exact) mass is 306 g/mol. The third-order valence-electron chi connectivity index (χ3n) is 4.95. The number of halogens is 1. The molecule has 0 radical (unpaired) electrons. The predicted octanol–water partition coefficient (Wildman–Crippen LogP) is 2.54. The zero-order chi connectivity index (χ0) is 15.0. The largest absolute Gasteiger partial charge is 0.384 e. The Morgan fingerprint density at radius 2 is 2.14 bits per heavy atom. The fourth-order valence-electron chi connectivity index (χ4n) is 3.81. The second-order valence-electron chi connectivity index (χ2n) is 6.26. The fraction of sp³-hybridized carbons (Fsp3) is 0.562. The molecule has 114 valence electrons. The molecule has 0 aromatic heterocycles. The highest BCUT2D eigenvalue weighted by molar-refractivity contribution is 6.34. The number of hydrogen-bond donors (Lipinski definition) is 2. The lowest BCUT2D eigenvalue weighted by molar-refractivity contribution is 0.102. The van der Waals surface area contributed by atoms with Gasteiger partial charge in [0.25, 0.3) is 0 Å². The molecule has 4 nitrogen and oxygen atoms in total. The van der Waals surface area contributed by atoms with E-state index in [1.54, 1.807) is 0 Å². The van der Waals surface area contributed by atoms with E-state index in [4.69, 9.17) is 22.7 Å². The first-order valence-corrected chi connectivity index (χ1v) is 8.03. The Hall–Kier alpha value is -1.26. The summed E-state index contributed by atoms with van der Waals surface area (Å²) in [7, 11) is 2.25. The number of fused-ring (bicyclic) bond motifs is 1. The first-order chi connectivity index (χ1) is 10.1. The highest BCUT2D eigenvalue weighted by Gasteiger charge is 2.34. The van der Waals surface area contributed by atoms with E-state index in [0.29, 0.717) is 10.6 Å². The van der Waals surface area contributed by atoms with Crippen LogP contribution in [-0.4, -0.2) is 43.5 Å². The van der Waals surface area contributed by atoms with Gasteiger partial charge in [-0.25, -0.2) is 0 Å². The molecule has 1 aromatic carbocycles. The van der Waals surface area contributed by atoms with E-state index in [1.165, 1.54) is 25.8 Å². The lowest BCUT2D eigenvalue weighted by Crippen LogP contribution is -2.52. The Bertz CT molecular complexity index is 545. The van der Waals surface area contributed by atoms with Crippen molar-refractivity contribution in [2.24, 2.45) is 11.7 Å². The third kappa shape index (κ3) is 2.87. The maximum absolute atomic E-state index is 7.51. The summed E-state index contributed by atoms with van der Waals surface area (Å²) in [6.45, 7) is 3.41. The molecule has 0 aliphatic carbocycles. The Balaban J connectivity index is 1.76. The number of nitrogen functional groups attached to an aromatic ring is 1. The van der Waals surface area contributed by atoms with Gasteiger partial charge in [-0.2, -0.15) is 0 Å². The van der Waals surface area contributed by atoms with Crippen molar-refractivity contribution in [2.45, 2.75) is 25.3 Å². The van der Waals surface area contributed by atoms with Crippen LogP contribution < -0.4 is 10.6 Å². The zero-order valence-corrected chi connectivity index (χ0v) is 13.2. The van der Waals surface area contributed by atoms with Gasteiger partial charge in [0.05, 0.1) is 5.02 Å². The minimum atomic E-state index is 0.0270. The predicted molar refractivity (Wildman–Crippen MR) is 88.4 cm³/mol. The molecule has 2 heterocycles. The van der Waals surface area contributed by atoms with Gasteiger partial charge < -0.3 is 15.5 Å². The summed E-state index contributed by atoms with van der Waals surface area (Å²) in [5.74, 6) is 0.780. The summed E-state index contributed by atoms with van der Waals surface area (Å²) in [6, 6.07) is 6.58. The molecular weight excluding hydrogens is 284 g/mol. The number of amidine groups is 1. The summed E-state index contributed by atoms with van der Waals surface area (Å²) in [4.78, 5) is 4.95. The van der Waals surface area contributed by atoms with Crippen LogP contribution in [-0.2, 0) is 0 Å². The number of likely N-dealkylation sites (tertiary alicyclic amines) is 1. The number of nitrogens with one attached hydrogen (secondary N) is 1. The highest BCUT2D eigenvalue weighted by atomic mass is 35.5. The Kier molecular flexibility index (Phi) is 4.09. The van der Waals surface area contributed by atoms with Crippen molar-refractivity contribution in [3.63, 3.8) is 0 Å². The molecule has 2 atom stereocenters. The minimum absolute atomic E-state index is 0.0270. The van der Waals surface area contributed by atoms with E-state index in [2.05, 4.69) is 16.8 Å². The van der Waals surface area contributed by atoms with Crippen LogP contribution in [0.5, 0.6) is 0 Å². The number of nitrogens with two attached hydrogens (primary N) is 1. The second-order valence-corrected chi connectivity index (χ2v) is 6.67. The van der Waals surface area contributed by atoms with Crippen molar-refractivity contribution >= 4 is 23.1 Å². The van der Waals surface area contributed by atoms with E-state index in [1.807, 2.05) is 18.2 Å². The van der Waals surface area contributed by atoms with Crippen LogP contribution in [0.15, 0.2) is 18.2 Å². The molecule has 2 saturated heterocycles. The number of nitrogens with zero attached hydrogens (tertiary/aromatic N) is 2. The first-order valence-electron chi connectivity index (χ1n) is 7.65. The fourth-order valence-corrected chi connectivity index (χ4v) is 4.08. The van der Waals surface area contributed by atoms with Crippen molar-refractivity contribution in [1.82, 2.24) is 4.90 Å². The number of piperidine rings is 2. The topological polar surface area (TPSA) is 56.4 Å². The molecule has 0 bridgehead atoms. The number of rotatable bonds is 2. The Morgan fingerprint density at radius 1 is 1.33 bits per heavy atom. The summed E-state index contributed by atoms with van der Waals surface area (Å²) in [5.41, 5.74) is 7.29. The lowest BCUT2D eigenvalue weighted by Gasteiger charge is -2.46. The van der Waals surface area contributed by atoms with E-state index in [9.17, 15) is 0 Å². The van der Waals surface area contributed by atoms with Gasteiger partial charge in [0.2, 0.25) is 0 Å². The quantitative estimate of drug-likeness (QED) is 0.652. The number of benzene rings is 1. The van der Waals surface area contributed by atoms with Crippen molar-refractivity contribution in [3.8, 4) is 0 Å². The summed E-state index contributed by atoms with van der Waals surface area (Å²) < 4.78 is 0. The molecule has 21 heavy (non-hydrogen) atoms. The smallest absolute Gasteiger partial charge is 0.124 e. The van der Waals surface area contributed by atoms with Gasteiger partial charge in [0, 0.05) is 30.4 Å². The van der Waals surface area contributed by atoms with Crippen LogP contribution in [0, 0.1) is 11.3 Å². The van der Waals surface area contributed by atoms with Crippen molar-refractivity contribution in [2.75, 3.05) is 31.6 Å². The molecule has 2 aliphatic rings. The van der Waals surface area contributed by atoms with Crippen LogP contribution in [0.2, 0.25) is 5.02 Å². The van der Waals surface area contributed by atoms with E-state index in [-0.39, 0.29) is 5.84 Å². The van der Waals surface area contributed by atoms with Gasteiger partial charge in [0.15, 0.2) is 0 Å². The standard InChI is InChI=1S/C16H23ClN4/c1-20-7-2-3-11-10-21(8-6-15(11)20)12-4-5-13(16(18)19)14(17)9-12/h4-5,9,11,15H,2-3,6-8,10H2,1H3,(H3,18,19). The SMILES string of the molecule is CN1CCCC2CN(c3ccc(C(=N)N)c(Cl)c3)CCC21. The van der Waals surface area contributed by atoms with Crippen molar-refractivity contribution in [3.05, 3.63) is 28.8 Å². The van der Waals surface area contributed by atoms with Crippen LogP contribution in [0.25, 0.3) is 0 Å². The maximum atomic E-state index is 7.51. The molecule has 3 N–H and O–H groups in total. The van der Waals surface area contributed by atoms with Crippen LogP contribution in [0.3, 0.4) is 0 Å². The maximum Gasteiger partial charge on any atom is 0.124 e. The summed E-state index contributed by atoms with van der Waals surface area (Å²) >= 11 is 6.25. The number of anilines is 1. The van der Waals surface area contributed by atoms with Gasteiger partial charge in [-0.1, -0.05) is 11.6 Å². The molecule has 2 aliphatic heterocycles. The molecule has 2 fully saturated rings. The minimum Gasteiger partial charge on any atom is -0.384 e. The Labute approximate surface area is 131 Å². The van der Waals surface area contributed by atoms with E-state index >= 15 is 0 Å². The van der Waals surface area contributed by atoms with Crippen LogP contribution in [0.1, 0.15) is 24.8 Å². The highest BCUT2D eigenvalue weighted by Crippen LogP contribution is 2.33. The molecule has 0 amide bonds. The van der Waals surface area contributed by atoms with Crippen molar-refractivity contribution < 1.29 is 0 Å². The normalized spacial score (nSPS) is 26.5. The average molecular weight is 307 g/mol. The van der Waals surface area contributed by atoms with Gasteiger partial charge in [-0.15, -0.1) is 0 Å². The van der Waals surface area contributed by atoms with Gasteiger partial charge in [-0.05, 0) is 57.0 Å². The molecule has 2 unspecified atom stereocenters. The summed E-state index contributed by atoms with van der Waals surface area (Å²) in [6.07, 6.45) is 3.84. The van der Waals surface area contributed by atoms with Crippen LogP contribution >= 0.6 is 11.6 Å². The van der Waals surface area contributed by atoms with E-state index < -0.39 is 0 Å². The Morgan fingerprint density at radius 3 is 2.86 bits per heavy atom. The molecule has 5 heteroatoms. The summed E-state index contributed by atoms with van der Waals surface area (Å²) in [5, 5.41) is 8.08. The molecular formula is C16H23ClN4. The van der Waals surface area contributed by atoms with Crippen LogP contribution in [0.4, 0.5) is 5.69 Å². The average Bonchev–Trinajstić information content (AvgIpc) is 2.46. The van der Waals surface area contributed by atoms with E-state index in [0.717, 1.165) is 30.7 Å². The second kappa shape index (κ2) is 5.85. The lowest BCUT2D eigenvalue weighted by atomic mass is 9.84. The zero-order valence-electron chi connectivity index (χ0n) is 12.5. The third-order valence-corrected chi connectivity index (χ3v) is 5.27. The van der Waals surface area contributed by atoms with Crippen molar-refractivity contribution in [1.29, 1.82) is 5.41 Å². The molecule has 0 spiro atoms.